The lowest BCUT2D eigenvalue weighted by Crippen LogP contribution is -2.35. The molecule has 0 bridgehead atoms. The lowest BCUT2D eigenvalue weighted by atomic mass is 10.1. The minimum atomic E-state index is 0.0628. The van der Waals surface area contributed by atoms with Gasteiger partial charge in [0.1, 0.15) is 5.00 Å². The first-order valence-corrected chi connectivity index (χ1v) is 14.2. The van der Waals surface area contributed by atoms with Crippen molar-refractivity contribution in [3.05, 3.63) is 70.9 Å². The zero-order valence-corrected chi connectivity index (χ0v) is 22.7. The van der Waals surface area contributed by atoms with Crippen LogP contribution in [0.15, 0.2) is 54.9 Å². The highest BCUT2D eigenvalue weighted by Crippen LogP contribution is 2.30. The van der Waals surface area contributed by atoms with Crippen LogP contribution in [0.1, 0.15) is 79.6 Å². The molecule has 2 amide bonds. The summed E-state index contributed by atoms with van der Waals surface area (Å²) in [6, 6.07) is 14.2. The number of carbonyl (C=O) groups is 2. The van der Waals surface area contributed by atoms with Crippen LogP contribution in [0.25, 0.3) is 5.00 Å². The van der Waals surface area contributed by atoms with E-state index in [1.807, 2.05) is 57.1 Å². The van der Waals surface area contributed by atoms with Crippen LogP contribution in [-0.2, 0) is 11.3 Å². The SMILES string of the molecule is Cc1cc(C(=O)N2CCCCCCCCN(C(=O)CC(C)C)c3ccccc3C2)c(-n2cccc2)s1. The molecule has 0 N–H and O–H groups in total. The molecule has 192 valence electrons. The minimum absolute atomic E-state index is 0.0628. The second-order valence-electron chi connectivity index (χ2n) is 10.3. The first kappa shape index (κ1) is 26.2. The predicted molar refractivity (Wildman–Crippen MR) is 149 cm³/mol. The van der Waals surface area contributed by atoms with Gasteiger partial charge in [-0.25, -0.2) is 0 Å². The van der Waals surface area contributed by atoms with Crippen molar-refractivity contribution in [3.63, 3.8) is 0 Å². The molecule has 0 saturated carbocycles. The maximum absolute atomic E-state index is 14.0. The molecule has 0 saturated heterocycles. The number of fused-ring (bicyclic) bond motifs is 1. The topological polar surface area (TPSA) is 45.6 Å². The van der Waals surface area contributed by atoms with Crippen molar-refractivity contribution >= 4 is 28.8 Å². The van der Waals surface area contributed by atoms with Crippen LogP contribution in [-0.4, -0.2) is 34.4 Å². The quantitative estimate of drug-likeness (QED) is 0.376. The van der Waals surface area contributed by atoms with Gasteiger partial charge in [-0.05, 0) is 55.5 Å². The second kappa shape index (κ2) is 12.4. The molecule has 36 heavy (non-hydrogen) atoms. The Labute approximate surface area is 219 Å². The van der Waals surface area contributed by atoms with Crippen molar-refractivity contribution in [2.24, 2.45) is 5.92 Å². The first-order chi connectivity index (χ1) is 17.4. The molecule has 0 spiro atoms. The van der Waals surface area contributed by atoms with Gasteiger partial charge in [0.25, 0.3) is 5.91 Å². The monoisotopic (exact) mass is 505 g/mol. The van der Waals surface area contributed by atoms with Gasteiger partial charge in [0.2, 0.25) is 5.91 Å². The number of aryl methyl sites for hydroxylation is 1. The number of aromatic nitrogens is 1. The van der Waals surface area contributed by atoms with E-state index in [2.05, 4.69) is 32.9 Å². The number of nitrogens with zero attached hydrogens (tertiary/aromatic N) is 3. The lowest BCUT2D eigenvalue weighted by Gasteiger charge is -2.29. The van der Waals surface area contributed by atoms with E-state index in [4.69, 9.17) is 0 Å². The first-order valence-electron chi connectivity index (χ1n) is 13.4. The molecule has 1 aromatic carbocycles. The summed E-state index contributed by atoms with van der Waals surface area (Å²) in [5, 5.41) is 0.965. The van der Waals surface area contributed by atoms with Gasteiger partial charge in [-0.15, -0.1) is 11.3 Å². The molecule has 0 fully saturated rings. The highest BCUT2D eigenvalue weighted by molar-refractivity contribution is 7.14. The fourth-order valence-corrected chi connectivity index (χ4v) is 5.94. The lowest BCUT2D eigenvalue weighted by molar-refractivity contribution is -0.119. The number of anilines is 1. The van der Waals surface area contributed by atoms with E-state index in [0.29, 0.717) is 25.4 Å². The normalized spacial score (nSPS) is 15.7. The fraction of sp³-hybridized carbons (Fsp3) is 0.467. The summed E-state index contributed by atoms with van der Waals surface area (Å²) in [7, 11) is 0. The molecule has 4 rings (SSSR count). The summed E-state index contributed by atoms with van der Waals surface area (Å²) >= 11 is 1.65. The molecule has 1 aliphatic heterocycles. The van der Waals surface area contributed by atoms with E-state index in [9.17, 15) is 9.59 Å². The molecule has 3 heterocycles. The van der Waals surface area contributed by atoms with E-state index < -0.39 is 0 Å². The molecule has 2 aromatic heterocycles. The number of carbonyl (C=O) groups excluding carboxylic acids is 2. The molecule has 6 heteroatoms. The number of hydrogen-bond donors (Lipinski definition) is 0. The Morgan fingerprint density at radius 3 is 2.31 bits per heavy atom. The zero-order valence-electron chi connectivity index (χ0n) is 21.9. The highest BCUT2D eigenvalue weighted by atomic mass is 32.1. The third kappa shape index (κ3) is 6.47. The van der Waals surface area contributed by atoms with Crippen LogP contribution in [0.3, 0.4) is 0 Å². The number of hydrogen-bond acceptors (Lipinski definition) is 3. The van der Waals surface area contributed by atoms with Crippen molar-refractivity contribution in [3.8, 4) is 5.00 Å². The molecule has 1 aliphatic rings. The Morgan fingerprint density at radius 1 is 0.917 bits per heavy atom. The largest absolute Gasteiger partial charge is 0.334 e. The summed E-state index contributed by atoms with van der Waals surface area (Å²) in [6.45, 7) is 8.19. The predicted octanol–water partition coefficient (Wildman–Crippen LogP) is 7.22. The smallest absolute Gasteiger partial charge is 0.257 e. The molecule has 0 atom stereocenters. The zero-order chi connectivity index (χ0) is 25.5. The maximum Gasteiger partial charge on any atom is 0.257 e. The maximum atomic E-state index is 14.0. The van der Waals surface area contributed by atoms with Crippen LogP contribution in [0.2, 0.25) is 0 Å². The van der Waals surface area contributed by atoms with Gasteiger partial charge in [-0.2, -0.15) is 0 Å². The van der Waals surface area contributed by atoms with Crippen LogP contribution >= 0.6 is 11.3 Å². The highest BCUT2D eigenvalue weighted by Gasteiger charge is 2.25. The van der Waals surface area contributed by atoms with Crippen LogP contribution in [0, 0.1) is 12.8 Å². The average Bonchev–Trinajstić information content (AvgIpc) is 3.51. The number of amides is 2. The second-order valence-corrected chi connectivity index (χ2v) is 11.5. The van der Waals surface area contributed by atoms with Gasteiger partial charge >= 0.3 is 0 Å². The van der Waals surface area contributed by atoms with E-state index in [0.717, 1.165) is 58.9 Å². The summed E-state index contributed by atoms with van der Waals surface area (Å²) in [5.41, 5.74) is 2.74. The molecule has 0 aliphatic carbocycles. The van der Waals surface area contributed by atoms with E-state index in [-0.39, 0.29) is 11.8 Å². The van der Waals surface area contributed by atoms with Crippen LogP contribution in [0.4, 0.5) is 5.69 Å². The molecule has 0 unspecified atom stereocenters. The Hall–Kier alpha value is -2.86. The molecule has 5 nitrogen and oxygen atoms in total. The third-order valence-corrected chi connectivity index (χ3v) is 7.84. The fourth-order valence-electron chi connectivity index (χ4n) is 4.97. The molecule has 0 radical (unpaired) electrons. The van der Waals surface area contributed by atoms with Crippen LogP contribution < -0.4 is 4.90 Å². The number of rotatable bonds is 4. The van der Waals surface area contributed by atoms with Gasteiger partial charge in [0.05, 0.1) is 5.56 Å². The third-order valence-electron chi connectivity index (χ3n) is 6.78. The van der Waals surface area contributed by atoms with Gasteiger partial charge in [-0.1, -0.05) is 57.7 Å². The van der Waals surface area contributed by atoms with Crippen molar-refractivity contribution < 1.29 is 9.59 Å². The van der Waals surface area contributed by atoms with E-state index in [1.165, 1.54) is 12.8 Å². The van der Waals surface area contributed by atoms with Gasteiger partial charge in [0.15, 0.2) is 0 Å². The van der Waals surface area contributed by atoms with Crippen molar-refractivity contribution in [1.29, 1.82) is 0 Å². The summed E-state index contributed by atoms with van der Waals surface area (Å²) in [4.78, 5) is 32.4. The average molecular weight is 506 g/mol. The number of benzene rings is 1. The van der Waals surface area contributed by atoms with Gasteiger partial charge < -0.3 is 14.4 Å². The Kier molecular flexibility index (Phi) is 9.03. The van der Waals surface area contributed by atoms with Crippen molar-refractivity contribution in [2.45, 2.75) is 72.3 Å². The summed E-state index contributed by atoms with van der Waals surface area (Å²) in [6.07, 6.45) is 11.1. The number of para-hydroxylation sites is 1. The minimum Gasteiger partial charge on any atom is -0.334 e. The summed E-state index contributed by atoms with van der Waals surface area (Å²) < 4.78 is 2.03. The Morgan fingerprint density at radius 2 is 1.58 bits per heavy atom. The van der Waals surface area contributed by atoms with Gasteiger partial charge in [0, 0.05) is 49.0 Å². The molecule has 3 aromatic rings. The van der Waals surface area contributed by atoms with Crippen molar-refractivity contribution in [2.75, 3.05) is 18.0 Å². The van der Waals surface area contributed by atoms with E-state index >= 15 is 0 Å². The Balaban J connectivity index is 1.69. The van der Waals surface area contributed by atoms with E-state index in [1.54, 1.807) is 11.3 Å². The van der Waals surface area contributed by atoms with Crippen molar-refractivity contribution in [1.82, 2.24) is 9.47 Å². The number of thiophene rings is 1. The molecular formula is C30H39N3O2S. The standard InChI is InChI=1S/C30H39N3O2S/c1-23(2)20-28(34)33-19-11-7-5-4-6-10-18-32(22-25-14-8-9-15-27(25)33)29(35)26-21-24(3)36-30(26)31-16-12-13-17-31/h8-9,12-17,21,23H,4-7,10-11,18-20,22H2,1-3H3. The summed E-state index contributed by atoms with van der Waals surface area (Å²) in [5.74, 6) is 0.544. The molecular weight excluding hydrogens is 466 g/mol. The Bertz CT molecular complexity index is 1150. The van der Waals surface area contributed by atoms with Crippen LogP contribution in [0.5, 0.6) is 0 Å². The van der Waals surface area contributed by atoms with Gasteiger partial charge in [-0.3, -0.25) is 9.59 Å².